The Morgan fingerprint density at radius 3 is 3.14 bits per heavy atom. The molecule has 0 spiro atoms. The highest BCUT2D eigenvalue weighted by molar-refractivity contribution is 7.99. The summed E-state index contributed by atoms with van der Waals surface area (Å²) in [6.45, 7) is 0. The van der Waals surface area contributed by atoms with Crippen molar-refractivity contribution in [2.45, 2.75) is 18.9 Å². The predicted octanol–water partition coefficient (Wildman–Crippen LogP) is 1.44. The van der Waals surface area contributed by atoms with Gasteiger partial charge in [-0.15, -0.1) is 11.8 Å². The van der Waals surface area contributed by atoms with Crippen LogP contribution in [0.4, 0.5) is 0 Å². The molecule has 1 heterocycles. The second-order valence-corrected chi connectivity index (χ2v) is 4.39. The molecule has 0 bridgehead atoms. The van der Waals surface area contributed by atoms with Crippen molar-refractivity contribution in [3.8, 4) is 23.7 Å². The highest BCUT2D eigenvalue weighted by Gasteiger charge is 2.24. The normalized spacial score (nSPS) is 30.2. The summed E-state index contributed by atoms with van der Waals surface area (Å²) < 4.78 is 0. The lowest BCUT2D eigenvalue weighted by Crippen LogP contribution is -2.18. The number of thioether (sulfide) groups is 1. The first kappa shape index (κ1) is 9.71. The van der Waals surface area contributed by atoms with E-state index in [1.54, 1.807) is 11.8 Å². The lowest BCUT2D eigenvalue weighted by molar-refractivity contribution is 0.182. The van der Waals surface area contributed by atoms with Crippen molar-refractivity contribution < 1.29 is 5.11 Å². The zero-order valence-electron chi connectivity index (χ0n) is 7.92. The first-order valence-electron chi connectivity index (χ1n) is 4.81. The Morgan fingerprint density at radius 1 is 1.36 bits per heavy atom. The molecule has 0 amide bonds. The average molecular weight is 204 g/mol. The standard InChI is InChI=1S/C12H12OS/c13-12-7-3-9-14-8-2-5-10-4-1-6-11(10)12/h4,11-13H,1,6,8-9H2/t11-,12-/m0/s1. The van der Waals surface area contributed by atoms with Crippen molar-refractivity contribution in [3.05, 3.63) is 11.6 Å². The molecule has 2 atom stereocenters. The topological polar surface area (TPSA) is 20.2 Å². The van der Waals surface area contributed by atoms with Crippen LogP contribution in [0.15, 0.2) is 11.6 Å². The number of aliphatic hydroxyl groups excluding tert-OH is 1. The Morgan fingerprint density at radius 2 is 2.21 bits per heavy atom. The highest BCUT2D eigenvalue weighted by Crippen LogP contribution is 2.28. The number of fused-ring (bicyclic) bond motifs is 1. The fourth-order valence-electron chi connectivity index (χ4n) is 1.74. The van der Waals surface area contributed by atoms with Crippen LogP contribution in [0, 0.1) is 29.6 Å². The molecule has 0 fully saturated rings. The Kier molecular flexibility index (Phi) is 3.19. The fourth-order valence-corrected chi connectivity index (χ4v) is 2.20. The second kappa shape index (κ2) is 4.60. The average Bonchev–Trinajstić information content (AvgIpc) is 2.64. The first-order chi connectivity index (χ1) is 6.88. The maximum absolute atomic E-state index is 9.81. The van der Waals surface area contributed by atoms with Gasteiger partial charge < -0.3 is 5.11 Å². The molecule has 1 aliphatic carbocycles. The van der Waals surface area contributed by atoms with Crippen LogP contribution in [0.2, 0.25) is 0 Å². The van der Waals surface area contributed by atoms with Crippen molar-refractivity contribution >= 4 is 11.8 Å². The molecular formula is C12H12OS. The maximum Gasteiger partial charge on any atom is 0.122 e. The molecule has 0 aromatic carbocycles. The fraction of sp³-hybridized carbons (Fsp3) is 0.500. The second-order valence-electron chi connectivity index (χ2n) is 3.40. The zero-order chi connectivity index (χ0) is 9.80. The predicted molar refractivity (Wildman–Crippen MR) is 59.7 cm³/mol. The summed E-state index contributed by atoms with van der Waals surface area (Å²) in [6, 6.07) is 0. The van der Waals surface area contributed by atoms with E-state index >= 15 is 0 Å². The number of aliphatic hydroxyl groups is 1. The Labute approximate surface area is 89.0 Å². The lowest BCUT2D eigenvalue weighted by atomic mass is 9.95. The molecule has 2 aliphatic rings. The van der Waals surface area contributed by atoms with Gasteiger partial charge in [0.2, 0.25) is 0 Å². The van der Waals surface area contributed by atoms with Gasteiger partial charge >= 0.3 is 0 Å². The SMILES string of the molecule is O[C@H]1C#CCSCC#CC2=CCC[C@@H]21. The Hall–Kier alpha value is -0.830. The third-order valence-corrected chi connectivity index (χ3v) is 3.15. The number of allylic oxidation sites excluding steroid dienone is 1. The third kappa shape index (κ3) is 2.15. The summed E-state index contributed by atoms with van der Waals surface area (Å²) >= 11 is 1.70. The van der Waals surface area contributed by atoms with Gasteiger partial charge in [-0.25, -0.2) is 0 Å². The van der Waals surface area contributed by atoms with E-state index < -0.39 is 6.10 Å². The molecule has 0 radical (unpaired) electrons. The minimum absolute atomic E-state index is 0.165. The maximum atomic E-state index is 9.81. The zero-order valence-corrected chi connectivity index (χ0v) is 8.73. The van der Waals surface area contributed by atoms with E-state index in [1.165, 1.54) is 0 Å². The molecular weight excluding hydrogens is 192 g/mol. The molecule has 0 saturated carbocycles. The summed E-state index contributed by atoms with van der Waals surface area (Å²) in [5.41, 5.74) is 1.09. The smallest absolute Gasteiger partial charge is 0.122 e. The molecule has 14 heavy (non-hydrogen) atoms. The minimum Gasteiger partial charge on any atom is -0.380 e. The Balaban J connectivity index is 2.21. The molecule has 2 rings (SSSR count). The van der Waals surface area contributed by atoms with Crippen LogP contribution < -0.4 is 0 Å². The monoisotopic (exact) mass is 204 g/mol. The lowest BCUT2D eigenvalue weighted by Gasteiger charge is -2.13. The van der Waals surface area contributed by atoms with Gasteiger partial charge in [-0.1, -0.05) is 29.8 Å². The van der Waals surface area contributed by atoms with Crippen LogP contribution in [0.1, 0.15) is 12.8 Å². The van der Waals surface area contributed by atoms with Crippen molar-refractivity contribution in [3.63, 3.8) is 0 Å². The first-order valence-corrected chi connectivity index (χ1v) is 5.96. The molecule has 1 aliphatic heterocycles. The van der Waals surface area contributed by atoms with Crippen LogP contribution >= 0.6 is 11.8 Å². The summed E-state index contributed by atoms with van der Waals surface area (Å²) in [5, 5.41) is 9.81. The van der Waals surface area contributed by atoms with Gasteiger partial charge in [0.25, 0.3) is 0 Å². The van der Waals surface area contributed by atoms with Crippen LogP contribution in [-0.4, -0.2) is 22.7 Å². The molecule has 1 N–H and O–H groups in total. The minimum atomic E-state index is -0.517. The largest absolute Gasteiger partial charge is 0.380 e. The van der Waals surface area contributed by atoms with Gasteiger partial charge in [0.05, 0.1) is 11.5 Å². The van der Waals surface area contributed by atoms with Crippen molar-refractivity contribution in [1.82, 2.24) is 0 Å². The van der Waals surface area contributed by atoms with Gasteiger partial charge in [0.15, 0.2) is 0 Å². The van der Waals surface area contributed by atoms with E-state index in [9.17, 15) is 5.11 Å². The molecule has 2 heteroatoms. The van der Waals surface area contributed by atoms with Crippen LogP contribution in [0.3, 0.4) is 0 Å². The van der Waals surface area contributed by atoms with Gasteiger partial charge in [-0.3, -0.25) is 0 Å². The van der Waals surface area contributed by atoms with Crippen molar-refractivity contribution in [2.24, 2.45) is 5.92 Å². The van der Waals surface area contributed by atoms with Gasteiger partial charge in [-0.2, -0.15) is 0 Å². The summed E-state index contributed by atoms with van der Waals surface area (Å²) in [5.74, 6) is 13.9. The molecule has 0 unspecified atom stereocenters. The van der Waals surface area contributed by atoms with E-state index in [0.29, 0.717) is 0 Å². The number of rotatable bonds is 0. The van der Waals surface area contributed by atoms with E-state index in [0.717, 1.165) is 29.9 Å². The van der Waals surface area contributed by atoms with Crippen molar-refractivity contribution in [2.75, 3.05) is 11.5 Å². The quantitative estimate of drug-likeness (QED) is 0.602. The van der Waals surface area contributed by atoms with E-state index in [2.05, 4.69) is 29.8 Å². The van der Waals surface area contributed by atoms with Crippen LogP contribution in [-0.2, 0) is 0 Å². The molecule has 0 aromatic rings. The summed E-state index contributed by atoms with van der Waals surface area (Å²) in [7, 11) is 0. The van der Waals surface area contributed by atoms with E-state index in [-0.39, 0.29) is 5.92 Å². The van der Waals surface area contributed by atoms with Gasteiger partial charge in [-0.05, 0) is 12.8 Å². The summed E-state index contributed by atoms with van der Waals surface area (Å²) in [4.78, 5) is 0. The van der Waals surface area contributed by atoms with Crippen LogP contribution in [0.25, 0.3) is 0 Å². The number of hydrogen-bond donors (Lipinski definition) is 1. The molecule has 1 nitrogen and oxygen atoms in total. The van der Waals surface area contributed by atoms with Gasteiger partial charge in [0, 0.05) is 11.5 Å². The number of hydrogen-bond acceptors (Lipinski definition) is 2. The summed E-state index contributed by atoms with van der Waals surface area (Å²) in [6.07, 6.45) is 3.64. The molecule has 0 saturated heterocycles. The van der Waals surface area contributed by atoms with Gasteiger partial charge in [0.1, 0.15) is 6.10 Å². The third-order valence-electron chi connectivity index (χ3n) is 2.45. The molecule has 0 aromatic heterocycles. The molecule has 72 valence electrons. The van der Waals surface area contributed by atoms with Crippen molar-refractivity contribution in [1.29, 1.82) is 0 Å². The Bertz CT molecular complexity index is 361. The van der Waals surface area contributed by atoms with E-state index in [4.69, 9.17) is 0 Å². The van der Waals surface area contributed by atoms with Crippen LogP contribution in [0.5, 0.6) is 0 Å². The highest BCUT2D eigenvalue weighted by atomic mass is 32.2. The van der Waals surface area contributed by atoms with E-state index in [1.807, 2.05) is 0 Å².